The van der Waals surface area contributed by atoms with Crippen molar-refractivity contribution in [2.75, 3.05) is 11.9 Å². The molecular formula is C13H12N2O. The van der Waals surface area contributed by atoms with Crippen molar-refractivity contribution < 1.29 is 4.42 Å². The van der Waals surface area contributed by atoms with E-state index in [2.05, 4.69) is 12.1 Å². The van der Waals surface area contributed by atoms with Gasteiger partial charge in [-0.15, -0.1) is 0 Å². The number of nitrogens with zero attached hydrogens (tertiary/aromatic N) is 2. The van der Waals surface area contributed by atoms with Crippen LogP contribution in [0, 0.1) is 11.3 Å². The molecule has 0 saturated heterocycles. The van der Waals surface area contributed by atoms with E-state index in [4.69, 9.17) is 9.68 Å². The minimum Gasteiger partial charge on any atom is -0.430 e. The molecule has 1 aromatic heterocycles. The molecule has 0 aliphatic rings. The van der Waals surface area contributed by atoms with Crippen molar-refractivity contribution in [1.82, 2.24) is 0 Å². The Bertz CT molecular complexity index is 496. The first-order chi connectivity index (χ1) is 7.79. The van der Waals surface area contributed by atoms with E-state index in [9.17, 15) is 0 Å². The summed E-state index contributed by atoms with van der Waals surface area (Å²) in [7, 11) is 1.94. The molecule has 0 amide bonds. The molecule has 0 aliphatic carbocycles. The van der Waals surface area contributed by atoms with Crippen molar-refractivity contribution in [3.63, 3.8) is 0 Å². The number of anilines is 1. The number of hydrogen-bond donors (Lipinski definition) is 0. The summed E-state index contributed by atoms with van der Waals surface area (Å²) in [6.45, 7) is 0.763. The fraction of sp³-hybridized carbons (Fsp3) is 0.154. The van der Waals surface area contributed by atoms with E-state index in [1.54, 1.807) is 6.07 Å². The molecule has 0 aliphatic heterocycles. The monoisotopic (exact) mass is 212 g/mol. The van der Waals surface area contributed by atoms with Gasteiger partial charge in [0.2, 0.25) is 5.76 Å². The van der Waals surface area contributed by atoms with Gasteiger partial charge in [0.1, 0.15) is 6.07 Å². The van der Waals surface area contributed by atoms with E-state index in [-0.39, 0.29) is 0 Å². The van der Waals surface area contributed by atoms with Crippen LogP contribution in [-0.2, 0) is 6.54 Å². The summed E-state index contributed by atoms with van der Waals surface area (Å²) in [6, 6.07) is 15.6. The van der Waals surface area contributed by atoms with Gasteiger partial charge < -0.3 is 9.32 Å². The van der Waals surface area contributed by atoms with Gasteiger partial charge in [0, 0.05) is 19.7 Å². The highest BCUT2D eigenvalue weighted by Crippen LogP contribution is 2.18. The molecule has 0 unspecified atom stereocenters. The quantitative estimate of drug-likeness (QED) is 0.785. The van der Waals surface area contributed by atoms with Gasteiger partial charge in [-0.25, -0.2) is 0 Å². The summed E-state index contributed by atoms with van der Waals surface area (Å²) >= 11 is 0. The third-order valence-electron chi connectivity index (χ3n) is 2.34. The number of rotatable bonds is 3. The zero-order valence-corrected chi connectivity index (χ0v) is 9.05. The van der Waals surface area contributed by atoms with Crippen LogP contribution in [0.2, 0.25) is 0 Å². The average Bonchev–Trinajstić information content (AvgIpc) is 2.79. The second kappa shape index (κ2) is 4.54. The zero-order chi connectivity index (χ0) is 11.4. The smallest absolute Gasteiger partial charge is 0.206 e. The minimum absolute atomic E-state index is 0.343. The molecule has 3 nitrogen and oxygen atoms in total. The van der Waals surface area contributed by atoms with E-state index in [1.165, 1.54) is 5.56 Å². The lowest BCUT2D eigenvalue weighted by molar-refractivity contribution is 0.542. The van der Waals surface area contributed by atoms with Crippen molar-refractivity contribution in [2.24, 2.45) is 0 Å². The van der Waals surface area contributed by atoms with Crippen LogP contribution in [0.15, 0.2) is 46.9 Å². The molecule has 0 radical (unpaired) electrons. The van der Waals surface area contributed by atoms with Crippen molar-refractivity contribution in [3.8, 4) is 6.07 Å². The molecule has 80 valence electrons. The number of nitriles is 1. The van der Waals surface area contributed by atoms with Crippen molar-refractivity contribution >= 4 is 5.88 Å². The topological polar surface area (TPSA) is 40.2 Å². The molecule has 0 bridgehead atoms. The predicted octanol–water partition coefficient (Wildman–Crippen LogP) is 2.79. The second-order valence-electron chi connectivity index (χ2n) is 3.59. The van der Waals surface area contributed by atoms with E-state index >= 15 is 0 Å². The summed E-state index contributed by atoms with van der Waals surface area (Å²) in [4.78, 5) is 1.97. The lowest BCUT2D eigenvalue weighted by Crippen LogP contribution is -2.15. The fourth-order valence-corrected chi connectivity index (χ4v) is 1.53. The highest BCUT2D eigenvalue weighted by Gasteiger charge is 2.06. The van der Waals surface area contributed by atoms with Gasteiger partial charge >= 0.3 is 0 Å². The van der Waals surface area contributed by atoms with Gasteiger partial charge in [0.25, 0.3) is 0 Å². The van der Waals surface area contributed by atoms with E-state index < -0.39 is 0 Å². The maximum atomic E-state index is 8.66. The number of furan rings is 1. The third kappa shape index (κ3) is 2.23. The molecule has 2 rings (SSSR count). The van der Waals surface area contributed by atoms with Crippen LogP contribution in [0.5, 0.6) is 0 Å². The van der Waals surface area contributed by atoms with Gasteiger partial charge in [-0.05, 0) is 11.6 Å². The molecule has 0 N–H and O–H groups in total. The SMILES string of the molecule is CN(Cc1ccccc1)c1ccc(C#N)o1. The molecule has 1 aromatic carbocycles. The van der Waals surface area contributed by atoms with Crippen molar-refractivity contribution in [1.29, 1.82) is 5.26 Å². The summed E-state index contributed by atoms with van der Waals surface area (Å²) in [5, 5.41) is 8.66. The van der Waals surface area contributed by atoms with Gasteiger partial charge in [-0.1, -0.05) is 30.3 Å². The number of benzene rings is 1. The highest BCUT2D eigenvalue weighted by molar-refractivity contribution is 5.39. The first kappa shape index (κ1) is 10.3. The molecule has 0 spiro atoms. The van der Waals surface area contributed by atoms with Crippen LogP contribution in [0.3, 0.4) is 0 Å². The van der Waals surface area contributed by atoms with Crippen LogP contribution < -0.4 is 4.90 Å². The molecule has 1 heterocycles. The predicted molar refractivity (Wildman–Crippen MR) is 62.0 cm³/mol. The Labute approximate surface area is 94.5 Å². The van der Waals surface area contributed by atoms with E-state index in [1.807, 2.05) is 42.3 Å². The number of hydrogen-bond acceptors (Lipinski definition) is 3. The molecule has 0 fully saturated rings. The standard InChI is InChI=1S/C13H12N2O/c1-15(10-11-5-3-2-4-6-11)13-8-7-12(9-14)16-13/h2-8H,10H2,1H3. The summed E-state index contributed by atoms with van der Waals surface area (Å²) in [5.41, 5.74) is 1.21. The fourth-order valence-electron chi connectivity index (χ4n) is 1.53. The Kier molecular flexibility index (Phi) is 2.93. The molecule has 0 atom stereocenters. The Morgan fingerprint density at radius 1 is 1.19 bits per heavy atom. The summed E-state index contributed by atoms with van der Waals surface area (Å²) in [6.07, 6.45) is 0. The van der Waals surface area contributed by atoms with Crippen LogP contribution in [0.25, 0.3) is 0 Å². The molecular weight excluding hydrogens is 200 g/mol. The van der Waals surface area contributed by atoms with Crippen molar-refractivity contribution in [3.05, 3.63) is 53.8 Å². The highest BCUT2D eigenvalue weighted by atomic mass is 16.4. The first-order valence-electron chi connectivity index (χ1n) is 5.04. The summed E-state index contributed by atoms with van der Waals surface area (Å²) in [5.74, 6) is 1.05. The van der Waals surface area contributed by atoms with Gasteiger partial charge in [0.05, 0.1) is 0 Å². The Morgan fingerprint density at radius 2 is 1.94 bits per heavy atom. The molecule has 0 saturated carbocycles. The molecule has 16 heavy (non-hydrogen) atoms. The van der Waals surface area contributed by atoms with E-state index in [0.29, 0.717) is 11.6 Å². The van der Waals surface area contributed by atoms with Gasteiger partial charge in [0.15, 0.2) is 5.88 Å². The maximum absolute atomic E-state index is 8.66. The Balaban J connectivity index is 2.09. The van der Waals surface area contributed by atoms with Crippen molar-refractivity contribution in [2.45, 2.75) is 6.54 Å². The minimum atomic E-state index is 0.343. The zero-order valence-electron chi connectivity index (χ0n) is 9.05. The van der Waals surface area contributed by atoms with E-state index in [0.717, 1.165) is 6.54 Å². The normalized spacial score (nSPS) is 9.75. The van der Waals surface area contributed by atoms with Crippen LogP contribution in [-0.4, -0.2) is 7.05 Å². The lowest BCUT2D eigenvalue weighted by Gasteiger charge is -2.15. The maximum Gasteiger partial charge on any atom is 0.206 e. The van der Waals surface area contributed by atoms with Gasteiger partial charge in [-0.3, -0.25) is 0 Å². The Hall–Kier alpha value is -2.21. The lowest BCUT2D eigenvalue weighted by atomic mass is 10.2. The molecule has 2 aromatic rings. The molecule has 3 heteroatoms. The third-order valence-corrected chi connectivity index (χ3v) is 2.34. The average molecular weight is 212 g/mol. The summed E-state index contributed by atoms with van der Waals surface area (Å²) < 4.78 is 5.33. The largest absolute Gasteiger partial charge is 0.430 e. The second-order valence-corrected chi connectivity index (χ2v) is 3.59. The van der Waals surface area contributed by atoms with Crippen LogP contribution in [0.4, 0.5) is 5.88 Å². The Morgan fingerprint density at radius 3 is 2.56 bits per heavy atom. The first-order valence-corrected chi connectivity index (χ1v) is 5.04. The van der Waals surface area contributed by atoms with Crippen LogP contribution >= 0.6 is 0 Å². The van der Waals surface area contributed by atoms with Crippen LogP contribution in [0.1, 0.15) is 11.3 Å². The van der Waals surface area contributed by atoms with Gasteiger partial charge in [-0.2, -0.15) is 5.26 Å².